The summed E-state index contributed by atoms with van der Waals surface area (Å²) in [7, 11) is 0. The number of ether oxygens (including phenoxy) is 1. The minimum Gasteiger partial charge on any atom is -0.481 e. The van der Waals surface area contributed by atoms with Crippen LogP contribution in [0.25, 0.3) is 22.3 Å². The fourth-order valence-corrected chi connectivity index (χ4v) is 3.19. The average Bonchev–Trinajstić information content (AvgIpc) is 2.69. The number of hydrogen-bond donors (Lipinski definition) is 0. The summed E-state index contributed by atoms with van der Waals surface area (Å²) in [6, 6.07) is 22.9. The van der Waals surface area contributed by atoms with E-state index < -0.39 is 0 Å². The Morgan fingerprint density at radius 1 is 0.963 bits per heavy atom. The summed E-state index contributed by atoms with van der Waals surface area (Å²) in [4.78, 5) is 13.1. The van der Waals surface area contributed by atoms with Crippen molar-refractivity contribution < 1.29 is 9.15 Å². The third-order valence-electron chi connectivity index (χ3n) is 4.34. The van der Waals surface area contributed by atoms with Gasteiger partial charge in [0.15, 0.2) is 5.76 Å². The van der Waals surface area contributed by atoms with Crippen LogP contribution < -0.4 is 10.2 Å². The molecule has 27 heavy (non-hydrogen) atoms. The molecule has 4 aromatic rings. The molecule has 1 aromatic heterocycles. The molecule has 0 aliphatic rings. The summed E-state index contributed by atoms with van der Waals surface area (Å²) >= 11 is 3.42. The Labute approximate surface area is 165 Å². The van der Waals surface area contributed by atoms with Gasteiger partial charge < -0.3 is 9.15 Å². The van der Waals surface area contributed by atoms with Crippen LogP contribution in [0, 0.1) is 6.92 Å². The molecule has 0 saturated carbocycles. The van der Waals surface area contributed by atoms with E-state index in [4.69, 9.17) is 9.15 Å². The molecule has 0 amide bonds. The molecule has 1 heterocycles. The van der Waals surface area contributed by atoms with Crippen LogP contribution in [0.3, 0.4) is 0 Å². The van der Waals surface area contributed by atoms with Gasteiger partial charge in [-0.3, -0.25) is 4.79 Å². The summed E-state index contributed by atoms with van der Waals surface area (Å²) in [5, 5.41) is 0.520. The molecular weight excluding hydrogens is 404 g/mol. The highest BCUT2D eigenvalue weighted by atomic mass is 79.9. The highest BCUT2D eigenvalue weighted by molar-refractivity contribution is 9.10. The smallest absolute Gasteiger partial charge is 0.235 e. The Morgan fingerprint density at radius 3 is 2.44 bits per heavy atom. The fraction of sp³-hybridized carbons (Fsp3) is 0.0870. The predicted octanol–water partition coefficient (Wildman–Crippen LogP) is 6.11. The quantitative estimate of drug-likeness (QED) is 0.399. The van der Waals surface area contributed by atoms with Crippen molar-refractivity contribution in [1.29, 1.82) is 0 Å². The van der Waals surface area contributed by atoms with Crippen molar-refractivity contribution in [1.82, 2.24) is 0 Å². The Bertz CT molecular complexity index is 1150. The summed E-state index contributed by atoms with van der Waals surface area (Å²) in [6.07, 6.45) is 0. The van der Waals surface area contributed by atoms with Gasteiger partial charge in [0, 0.05) is 10.0 Å². The summed E-state index contributed by atoms with van der Waals surface area (Å²) in [5.41, 5.74) is 3.22. The van der Waals surface area contributed by atoms with E-state index in [1.807, 2.05) is 73.7 Å². The van der Waals surface area contributed by atoms with Crippen LogP contribution >= 0.6 is 15.9 Å². The SMILES string of the molecule is Cc1ccc2c(=O)c(OCc3ccc(Br)cc3)c(-c3ccccc3)oc2c1. The lowest BCUT2D eigenvalue weighted by Crippen LogP contribution is -2.10. The van der Waals surface area contributed by atoms with Crippen LogP contribution in [0.15, 0.2) is 86.5 Å². The predicted molar refractivity (Wildman–Crippen MR) is 111 cm³/mol. The van der Waals surface area contributed by atoms with E-state index in [0.717, 1.165) is 21.2 Å². The molecule has 0 unspecified atom stereocenters. The molecule has 0 aliphatic carbocycles. The summed E-state index contributed by atoms with van der Waals surface area (Å²) in [6.45, 7) is 2.26. The van der Waals surface area contributed by atoms with E-state index in [0.29, 0.717) is 16.7 Å². The zero-order valence-electron chi connectivity index (χ0n) is 14.7. The lowest BCUT2D eigenvalue weighted by atomic mass is 10.1. The molecule has 3 nitrogen and oxygen atoms in total. The highest BCUT2D eigenvalue weighted by Gasteiger charge is 2.18. The third kappa shape index (κ3) is 3.67. The van der Waals surface area contributed by atoms with Crippen molar-refractivity contribution in [2.45, 2.75) is 13.5 Å². The van der Waals surface area contributed by atoms with Crippen molar-refractivity contribution >= 4 is 26.9 Å². The van der Waals surface area contributed by atoms with Crippen LogP contribution in [0.5, 0.6) is 5.75 Å². The van der Waals surface area contributed by atoms with Gasteiger partial charge in [-0.25, -0.2) is 0 Å². The zero-order chi connectivity index (χ0) is 18.8. The molecule has 0 spiro atoms. The Morgan fingerprint density at radius 2 is 1.70 bits per heavy atom. The van der Waals surface area contributed by atoms with Crippen LogP contribution in [-0.2, 0) is 6.61 Å². The average molecular weight is 421 g/mol. The van der Waals surface area contributed by atoms with Gasteiger partial charge in [0.1, 0.15) is 12.2 Å². The number of rotatable bonds is 4. The van der Waals surface area contributed by atoms with Crippen molar-refractivity contribution in [3.63, 3.8) is 0 Å². The maximum absolute atomic E-state index is 13.1. The second-order valence-corrected chi connectivity index (χ2v) is 7.29. The minimum absolute atomic E-state index is 0.160. The first-order chi connectivity index (χ1) is 13.1. The maximum atomic E-state index is 13.1. The van der Waals surface area contributed by atoms with E-state index in [9.17, 15) is 4.79 Å². The van der Waals surface area contributed by atoms with Gasteiger partial charge in [-0.05, 0) is 42.3 Å². The Kier molecular flexibility index (Phi) is 4.82. The molecular formula is C23H17BrO3. The van der Waals surface area contributed by atoms with Gasteiger partial charge in [-0.1, -0.05) is 64.5 Å². The van der Waals surface area contributed by atoms with Crippen molar-refractivity contribution in [2.75, 3.05) is 0 Å². The molecule has 0 radical (unpaired) electrons. The molecule has 0 saturated heterocycles. The van der Waals surface area contributed by atoms with Crippen LogP contribution in [0.1, 0.15) is 11.1 Å². The molecule has 0 N–H and O–H groups in total. The third-order valence-corrected chi connectivity index (χ3v) is 4.87. The Hall–Kier alpha value is -2.85. The second kappa shape index (κ2) is 7.41. The fourth-order valence-electron chi connectivity index (χ4n) is 2.93. The van der Waals surface area contributed by atoms with E-state index in [-0.39, 0.29) is 17.8 Å². The van der Waals surface area contributed by atoms with Crippen LogP contribution in [0.4, 0.5) is 0 Å². The topological polar surface area (TPSA) is 39.4 Å². The first-order valence-electron chi connectivity index (χ1n) is 8.62. The largest absolute Gasteiger partial charge is 0.481 e. The van der Waals surface area contributed by atoms with Gasteiger partial charge in [0.05, 0.1) is 5.39 Å². The summed E-state index contributed by atoms with van der Waals surface area (Å²) < 4.78 is 13.1. The van der Waals surface area contributed by atoms with Crippen LogP contribution in [-0.4, -0.2) is 0 Å². The van der Waals surface area contributed by atoms with Crippen molar-refractivity contribution in [3.05, 3.63) is 98.6 Å². The minimum atomic E-state index is -0.160. The van der Waals surface area contributed by atoms with Crippen molar-refractivity contribution in [2.24, 2.45) is 0 Å². The lowest BCUT2D eigenvalue weighted by Gasteiger charge is -2.12. The number of hydrogen-bond acceptors (Lipinski definition) is 3. The molecule has 0 atom stereocenters. The molecule has 3 aromatic carbocycles. The number of fused-ring (bicyclic) bond motifs is 1. The standard InChI is InChI=1S/C23H17BrO3/c1-15-7-12-19-20(13-15)27-22(17-5-3-2-4-6-17)23(21(19)25)26-14-16-8-10-18(24)11-9-16/h2-13H,14H2,1H3. The first kappa shape index (κ1) is 17.6. The van der Waals surface area contributed by atoms with E-state index in [2.05, 4.69) is 15.9 Å². The maximum Gasteiger partial charge on any atom is 0.235 e. The molecule has 0 fully saturated rings. The highest BCUT2D eigenvalue weighted by Crippen LogP contribution is 2.31. The van der Waals surface area contributed by atoms with Gasteiger partial charge >= 0.3 is 0 Å². The van der Waals surface area contributed by atoms with E-state index in [1.165, 1.54) is 0 Å². The van der Waals surface area contributed by atoms with Crippen molar-refractivity contribution in [3.8, 4) is 17.1 Å². The second-order valence-electron chi connectivity index (χ2n) is 6.37. The number of halogens is 1. The van der Waals surface area contributed by atoms with E-state index >= 15 is 0 Å². The zero-order valence-corrected chi connectivity index (χ0v) is 16.3. The molecule has 4 rings (SSSR count). The van der Waals surface area contributed by atoms with Crippen LogP contribution in [0.2, 0.25) is 0 Å². The molecule has 0 bridgehead atoms. The van der Waals surface area contributed by atoms with Gasteiger partial charge in [-0.2, -0.15) is 0 Å². The number of aryl methyl sites for hydroxylation is 1. The molecule has 4 heteroatoms. The van der Waals surface area contributed by atoms with Gasteiger partial charge in [-0.15, -0.1) is 0 Å². The summed E-state index contributed by atoms with van der Waals surface area (Å²) in [5.74, 6) is 0.691. The van der Waals surface area contributed by atoms with E-state index in [1.54, 1.807) is 6.07 Å². The monoisotopic (exact) mass is 420 g/mol. The Balaban J connectivity index is 1.83. The number of benzene rings is 3. The first-order valence-corrected chi connectivity index (χ1v) is 9.41. The lowest BCUT2D eigenvalue weighted by molar-refractivity contribution is 0.298. The molecule has 134 valence electrons. The van der Waals surface area contributed by atoms with Gasteiger partial charge in [0.2, 0.25) is 11.2 Å². The normalized spacial score (nSPS) is 10.9. The molecule has 0 aliphatic heterocycles. The van der Waals surface area contributed by atoms with Gasteiger partial charge in [0.25, 0.3) is 0 Å².